The SMILES string of the molecule is O=C(O)[C@H]1NC[C@H](O)[C@@H]1O. The van der Waals surface area contributed by atoms with Gasteiger partial charge in [0, 0.05) is 6.54 Å². The van der Waals surface area contributed by atoms with Gasteiger partial charge in [-0.15, -0.1) is 0 Å². The molecule has 5 heteroatoms. The molecule has 0 aromatic carbocycles. The van der Waals surface area contributed by atoms with Crippen LogP contribution in [0.4, 0.5) is 0 Å². The molecular weight excluding hydrogens is 138 g/mol. The lowest BCUT2D eigenvalue weighted by Gasteiger charge is -2.09. The Bertz CT molecular complexity index is 149. The van der Waals surface area contributed by atoms with Gasteiger partial charge in [-0.2, -0.15) is 0 Å². The van der Waals surface area contributed by atoms with E-state index in [-0.39, 0.29) is 6.54 Å². The van der Waals surface area contributed by atoms with Crippen LogP contribution in [0.5, 0.6) is 0 Å². The number of aliphatic carboxylic acids is 1. The Morgan fingerprint density at radius 2 is 2.10 bits per heavy atom. The van der Waals surface area contributed by atoms with Crippen LogP contribution in [0.2, 0.25) is 0 Å². The molecule has 0 aliphatic carbocycles. The van der Waals surface area contributed by atoms with Gasteiger partial charge < -0.3 is 15.3 Å². The number of nitrogens with one attached hydrogen (secondary N) is 1. The van der Waals surface area contributed by atoms with Crippen LogP contribution in [0.1, 0.15) is 0 Å². The van der Waals surface area contributed by atoms with Gasteiger partial charge in [0.15, 0.2) is 0 Å². The largest absolute Gasteiger partial charge is 0.480 e. The molecule has 5 nitrogen and oxygen atoms in total. The summed E-state index contributed by atoms with van der Waals surface area (Å²) in [5.74, 6) is -1.14. The number of aliphatic hydroxyl groups excluding tert-OH is 2. The molecule has 3 atom stereocenters. The highest BCUT2D eigenvalue weighted by Crippen LogP contribution is 2.06. The molecule has 0 bridgehead atoms. The maximum absolute atomic E-state index is 10.2. The van der Waals surface area contributed by atoms with Gasteiger partial charge in [0.1, 0.15) is 12.1 Å². The van der Waals surface area contributed by atoms with Gasteiger partial charge in [-0.3, -0.25) is 10.1 Å². The topological polar surface area (TPSA) is 89.8 Å². The predicted molar refractivity (Wildman–Crippen MR) is 31.4 cm³/mol. The lowest BCUT2D eigenvalue weighted by Crippen LogP contribution is -2.39. The van der Waals surface area contributed by atoms with Gasteiger partial charge in [-0.05, 0) is 0 Å². The van der Waals surface area contributed by atoms with Gasteiger partial charge in [-0.1, -0.05) is 0 Å². The minimum absolute atomic E-state index is 0.137. The van der Waals surface area contributed by atoms with E-state index in [0.29, 0.717) is 0 Å². The van der Waals surface area contributed by atoms with E-state index in [0.717, 1.165) is 0 Å². The lowest BCUT2D eigenvalue weighted by molar-refractivity contribution is -0.142. The first kappa shape index (κ1) is 7.46. The van der Waals surface area contributed by atoms with Crippen molar-refractivity contribution in [3.05, 3.63) is 0 Å². The Kier molecular flexibility index (Phi) is 1.89. The summed E-state index contributed by atoms with van der Waals surface area (Å²) in [4.78, 5) is 10.2. The maximum Gasteiger partial charge on any atom is 0.323 e. The Labute approximate surface area is 57.3 Å². The van der Waals surface area contributed by atoms with Gasteiger partial charge in [0.2, 0.25) is 0 Å². The Morgan fingerprint density at radius 1 is 1.50 bits per heavy atom. The highest BCUT2D eigenvalue weighted by molar-refractivity contribution is 5.74. The molecule has 0 radical (unpaired) electrons. The number of hydrogen-bond donors (Lipinski definition) is 4. The van der Waals surface area contributed by atoms with E-state index in [1.54, 1.807) is 0 Å². The van der Waals surface area contributed by atoms with Crippen LogP contribution in [0, 0.1) is 0 Å². The quantitative estimate of drug-likeness (QED) is 0.337. The summed E-state index contributed by atoms with van der Waals surface area (Å²) in [7, 11) is 0. The second kappa shape index (κ2) is 2.53. The first-order valence-corrected chi connectivity index (χ1v) is 2.95. The number of carboxylic acid groups (broad SMARTS) is 1. The normalized spacial score (nSPS) is 40.0. The summed E-state index contributed by atoms with van der Waals surface area (Å²) < 4.78 is 0. The van der Waals surface area contributed by atoms with Crippen molar-refractivity contribution in [1.82, 2.24) is 5.32 Å². The molecule has 1 aliphatic rings. The van der Waals surface area contributed by atoms with Gasteiger partial charge >= 0.3 is 5.97 Å². The summed E-state index contributed by atoms with van der Waals surface area (Å²) in [5, 5.41) is 28.6. The molecule has 1 saturated heterocycles. The van der Waals surface area contributed by atoms with Crippen molar-refractivity contribution < 1.29 is 20.1 Å². The number of carboxylic acids is 1. The molecule has 0 amide bonds. The summed E-state index contributed by atoms with van der Waals surface area (Å²) in [5.41, 5.74) is 0. The average molecular weight is 147 g/mol. The third-order valence-corrected chi connectivity index (χ3v) is 1.55. The van der Waals surface area contributed by atoms with Crippen LogP contribution in [0.25, 0.3) is 0 Å². The smallest absolute Gasteiger partial charge is 0.323 e. The van der Waals surface area contributed by atoms with Crippen molar-refractivity contribution in [3.8, 4) is 0 Å². The highest BCUT2D eigenvalue weighted by Gasteiger charge is 2.37. The third kappa shape index (κ3) is 1.11. The molecule has 10 heavy (non-hydrogen) atoms. The molecule has 0 aromatic heterocycles. The zero-order chi connectivity index (χ0) is 7.72. The first-order chi connectivity index (χ1) is 4.63. The number of aliphatic hydroxyl groups is 2. The molecule has 58 valence electrons. The van der Waals surface area contributed by atoms with Crippen LogP contribution in [-0.4, -0.2) is 46.1 Å². The Hall–Kier alpha value is -0.650. The van der Waals surface area contributed by atoms with E-state index in [2.05, 4.69) is 5.32 Å². The maximum atomic E-state index is 10.2. The van der Waals surface area contributed by atoms with Crippen LogP contribution in [0.3, 0.4) is 0 Å². The van der Waals surface area contributed by atoms with Crippen molar-refractivity contribution in [2.75, 3.05) is 6.54 Å². The van der Waals surface area contributed by atoms with Gasteiger partial charge in [0.25, 0.3) is 0 Å². The Balaban J connectivity index is 2.57. The van der Waals surface area contributed by atoms with Gasteiger partial charge in [-0.25, -0.2) is 0 Å². The number of rotatable bonds is 1. The van der Waals surface area contributed by atoms with E-state index in [1.165, 1.54) is 0 Å². The molecule has 4 N–H and O–H groups in total. The monoisotopic (exact) mass is 147 g/mol. The van der Waals surface area contributed by atoms with Crippen molar-refractivity contribution in [3.63, 3.8) is 0 Å². The number of hydrogen-bond acceptors (Lipinski definition) is 4. The van der Waals surface area contributed by atoms with E-state index < -0.39 is 24.2 Å². The molecular formula is C5H9NO4. The Morgan fingerprint density at radius 3 is 2.30 bits per heavy atom. The summed E-state index contributed by atoms with van der Waals surface area (Å²) in [6.07, 6.45) is -2.14. The minimum atomic E-state index is -1.18. The second-order valence-corrected chi connectivity index (χ2v) is 2.28. The van der Waals surface area contributed by atoms with Crippen LogP contribution in [0.15, 0.2) is 0 Å². The van der Waals surface area contributed by atoms with E-state index in [1.807, 2.05) is 0 Å². The summed E-state index contributed by atoms with van der Waals surface area (Å²) in [6.45, 7) is 0.137. The molecule has 0 spiro atoms. The van der Waals surface area contributed by atoms with Gasteiger partial charge in [0.05, 0.1) is 6.10 Å². The minimum Gasteiger partial charge on any atom is -0.480 e. The lowest BCUT2D eigenvalue weighted by atomic mass is 10.1. The third-order valence-electron chi connectivity index (χ3n) is 1.55. The van der Waals surface area contributed by atoms with Crippen molar-refractivity contribution in [2.45, 2.75) is 18.2 Å². The van der Waals surface area contributed by atoms with Crippen LogP contribution in [-0.2, 0) is 4.79 Å². The van der Waals surface area contributed by atoms with Crippen molar-refractivity contribution in [2.24, 2.45) is 0 Å². The number of β-amino-alcohol motifs (C(OH)–C–C–N with tert-alkyl or cyclic N) is 1. The summed E-state index contributed by atoms with van der Waals surface area (Å²) >= 11 is 0. The standard InChI is InChI=1S/C5H9NO4/c7-2-1-6-3(4(2)8)5(9)10/h2-4,6-8H,1H2,(H,9,10)/t2-,3-,4-/m0/s1. The molecule has 0 aromatic rings. The van der Waals surface area contributed by atoms with Crippen LogP contribution >= 0.6 is 0 Å². The molecule has 1 rings (SSSR count). The van der Waals surface area contributed by atoms with E-state index in [4.69, 9.17) is 15.3 Å². The zero-order valence-electron chi connectivity index (χ0n) is 5.19. The fraction of sp³-hybridized carbons (Fsp3) is 0.800. The summed E-state index contributed by atoms with van der Waals surface area (Å²) in [6, 6.07) is -1.02. The average Bonchev–Trinajstić information content (AvgIpc) is 2.14. The molecule has 0 unspecified atom stereocenters. The molecule has 1 aliphatic heterocycles. The van der Waals surface area contributed by atoms with E-state index in [9.17, 15) is 4.79 Å². The van der Waals surface area contributed by atoms with Crippen molar-refractivity contribution >= 4 is 5.97 Å². The molecule has 1 fully saturated rings. The fourth-order valence-electron chi connectivity index (χ4n) is 0.945. The van der Waals surface area contributed by atoms with E-state index >= 15 is 0 Å². The number of carbonyl (C=O) groups is 1. The second-order valence-electron chi connectivity index (χ2n) is 2.28. The predicted octanol–water partition coefficient (Wildman–Crippen LogP) is -2.24. The fourth-order valence-corrected chi connectivity index (χ4v) is 0.945. The van der Waals surface area contributed by atoms with Crippen molar-refractivity contribution in [1.29, 1.82) is 0 Å². The zero-order valence-corrected chi connectivity index (χ0v) is 5.19. The first-order valence-electron chi connectivity index (χ1n) is 2.95. The molecule has 0 saturated carbocycles. The highest BCUT2D eigenvalue weighted by atomic mass is 16.4. The molecule has 1 heterocycles. The van der Waals surface area contributed by atoms with Crippen LogP contribution < -0.4 is 5.32 Å².